The number of hydrogen-bond acceptors (Lipinski definition) is 6. The van der Waals surface area contributed by atoms with Gasteiger partial charge in [0.1, 0.15) is 5.82 Å². The van der Waals surface area contributed by atoms with Gasteiger partial charge in [0.15, 0.2) is 5.82 Å². The number of likely N-dealkylation sites (tertiary alicyclic amines) is 1. The van der Waals surface area contributed by atoms with Gasteiger partial charge in [0.25, 0.3) is 0 Å². The maximum absolute atomic E-state index is 5.46. The van der Waals surface area contributed by atoms with Gasteiger partial charge in [-0.25, -0.2) is 9.97 Å². The van der Waals surface area contributed by atoms with Gasteiger partial charge in [-0.1, -0.05) is 0 Å². The highest BCUT2D eigenvalue weighted by Gasteiger charge is 2.40. The van der Waals surface area contributed by atoms with Crippen molar-refractivity contribution >= 4 is 16.7 Å². The van der Waals surface area contributed by atoms with Gasteiger partial charge in [0.05, 0.1) is 11.7 Å². The third-order valence-corrected chi connectivity index (χ3v) is 6.63. The van der Waals surface area contributed by atoms with E-state index in [4.69, 9.17) is 16.4 Å². The second kappa shape index (κ2) is 8.00. The van der Waals surface area contributed by atoms with Crippen LogP contribution in [0.15, 0.2) is 43.0 Å². The quantitative estimate of drug-likeness (QED) is 0.628. The van der Waals surface area contributed by atoms with Crippen LogP contribution >= 0.6 is 0 Å². The number of terminal acetylenes is 1. The summed E-state index contributed by atoms with van der Waals surface area (Å²) in [5.74, 6) is 4.53. The Morgan fingerprint density at radius 1 is 0.967 bits per heavy atom. The van der Waals surface area contributed by atoms with Crippen molar-refractivity contribution in [2.24, 2.45) is 5.41 Å². The first-order valence-electron chi connectivity index (χ1n) is 10.7. The van der Waals surface area contributed by atoms with E-state index in [1.165, 1.54) is 32.4 Å². The minimum atomic E-state index is 0.434. The molecule has 0 N–H and O–H groups in total. The van der Waals surface area contributed by atoms with Crippen LogP contribution in [-0.2, 0) is 0 Å². The largest absolute Gasteiger partial charge is 0.356 e. The Morgan fingerprint density at radius 3 is 2.53 bits per heavy atom. The summed E-state index contributed by atoms with van der Waals surface area (Å²) < 4.78 is 0. The molecule has 0 unspecified atom stereocenters. The zero-order valence-electron chi connectivity index (χ0n) is 17.2. The van der Waals surface area contributed by atoms with Gasteiger partial charge in [-0.3, -0.25) is 9.97 Å². The van der Waals surface area contributed by atoms with Crippen LogP contribution in [0, 0.1) is 17.8 Å². The normalized spacial score (nSPS) is 18.7. The Labute approximate surface area is 177 Å². The summed E-state index contributed by atoms with van der Waals surface area (Å²) in [5.41, 5.74) is 2.30. The lowest BCUT2D eigenvalue weighted by molar-refractivity contribution is 0.210. The number of nitrogens with zero attached hydrogens (tertiary/aromatic N) is 6. The summed E-state index contributed by atoms with van der Waals surface area (Å²) in [6.45, 7) is 5.43. The Bertz CT molecular complexity index is 1070. The molecular formula is C24H26N6. The summed E-state index contributed by atoms with van der Waals surface area (Å²) in [6, 6.07) is 5.94. The molecule has 30 heavy (non-hydrogen) atoms. The van der Waals surface area contributed by atoms with E-state index in [1.54, 1.807) is 12.4 Å². The van der Waals surface area contributed by atoms with E-state index in [-0.39, 0.29) is 0 Å². The Morgan fingerprint density at radius 2 is 1.73 bits per heavy atom. The molecule has 5 rings (SSSR count). The van der Waals surface area contributed by atoms with Crippen molar-refractivity contribution in [3.8, 4) is 23.7 Å². The number of aromatic nitrogens is 4. The third kappa shape index (κ3) is 3.61. The van der Waals surface area contributed by atoms with Crippen molar-refractivity contribution in [1.29, 1.82) is 0 Å². The van der Waals surface area contributed by atoms with Crippen molar-refractivity contribution in [1.82, 2.24) is 24.8 Å². The summed E-state index contributed by atoms with van der Waals surface area (Å²) in [4.78, 5) is 23.1. The number of fused-ring (bicyclic) bond motifs is 1. The van der Waals surface area contributed by atoms with Crippen LogP contribution in [0.1, 0.15) is 25.7 Å². The smallest absolute Gasteiger partial charge is 0.162 e. The fraction of sp³-hybridized carbons (Fsp3) is 0.417. The molecule has 3 aromatic rings. The Kier molecular flexibility index (Phi) is 5.06. The van der Waals surface area contributed by atoms with Crippen molar-refractivity contribution < 1.29 is 0 Å². The van der Waals surface area contributed by atoms with Crippen LogP contribution in [0.3, 0.4) is 0 Å². The fourth-order valence-corrected chi connectivity index (χ4v) is 4.88. The van der Waals surface area contributed by atoms with Gasteiger partial charge in [0.2, 0.25) is 0 Å². The number of pyridine rings is 2. The highest BCUT2D eigenvalue weighted by molar-refractivity contribution is 5.90. The topological polar surface area (TPSA) is 58.0 Å². The molecule has 5 heterocycles. The molecule has 2 aliphatic heterocycles. The van der Waals surface area contributed by atoms with E-state index in [1.807, 2.05) is 30.6 Å². The van der Waals surface area contributed by atoms with Crippen LogP contribution < -0.4 is 4.90 Å². The van der Waals surface area contributed by atoms with Gasteiger partial charge < -0.3 is 9.80 Å². The van der Waals surface area contributed by atoms with Crippen LogP contribution in [0.25, 0.3) is 22.3 Å². The average Bonchev–Trinajstić information content (AvgIpc) is 3.20. The van der Waals surface area contributed by atoms with E-state index in [0.717, 1.165) is 54.2 Å². The lowest BCUT2D eigenvalue weighted by atomic mass is 9.77. The van der Waals surface area contributed by atoms with E-state index in [0.29, 0.717) is 5.41 Å². The zero-order valence-corrected chi connectivity index (χ0v) is 17.2. The van der Waals surface area contributed by atoms with Gasteiger partial charge in [-0.05, 0) is 49.4 Å². The number of piperidine rings is 1. The van der Waals surface area contributed by atoms with Crippen LogP contribution in [-0.4, -0.2) is 57.6 Å². The molecule has 2 aliphatic rings. The van der Waals surface area contributed by atoms with Crippen LogP contribution in [0.5, 0.6) is 0 Å². The summed E-state index contributed by atoms with van der Waals surface area (Å²) >= 11 is 0. The minimum Gasteiger partial charge on any atom is -0.356 e. The SMILES string of the molecule is C#CCCN1CCC2(CCN(c3nc(-c4ccncc4)nc4cnccc34)CC2)C1. The zero-order chi connectivity index (χ0) is 20.4. The van der Waals surface area contributed by atoms with E-state index in [9.17, 15) is 0 Å². The van der Waals surface area contributed by atoms with Crippen molar-refractivity contribution in [3.05, 3.63) is 43.0 Å². The molecule has 6 heteroatoms. The standard InChI is InChI=1S/C24H26N6/c1-2-3-13-29-14-7-24(18-29)8-15-30(16-9-24)23-20-6-12-26-17-21(20)27-22(28-23)19-4-10-25-11-5-19/h1,4-6,10-12,17H,3,7-9,13-16,18H2. The monoisotopic (exact) mass is 398 g/mol. The molecule has 6 nitrogen and oxygen atoms in total. The third-order valence-electron chi connectivity index (χ3n) is 6.63. The molecule has 0 atom stereocenters. The van der Waals surface area contributed by atoms with Crippen molar-refractivity contribution in [2.75, 3.05) is 37.6 Å². The Hall–Kier alpha value is -3.04. The highest BCUT2D eigenvalue weighted by atomic mass is 15.2. The molecule has 0 aliphatic carbocycles. The van der Waals surface area contributed by atoms with Crippen molar-refractivity contribution in [3.63, 3.8) is 0 Å². The second-order valence-corrected chi connectivity index (χ2v) is 8.47. The van der Waals surface area contributed by atoms with Gasteiger partial charge in [-0.2, -0.15) is 0 Å². The summed E-state index contributed by atoms with van der Waals surface area (Å²) in [5, 5.41) is 1.07. The molecule has 3 aromatic heterocycles. The fourth-order valence-electron chi connectivity index (χ4n) is 4.88. The van der Waals surface area contributed by atoms with Crippen LogP contribution in [0.2, 0.25) is 0 Å². The molecule has 2 saturated heterocycles. The molecule has 152 valence electrons. The number of hydrogen-bond donors (Lipinski definition) is 0. The predicted octanol–water partition coefficient (Wildman–Crippen LogP) is 3.40. The van der Waals surface area contributed by atoms with E-state index < -0.39 is 0 Å². The van der Waals surface area contributed by atoms with Gasteiger partial charge >= 0.3 is 0 Å². The summed E-state index contributed by atoms with van der Waals surface area (Å²) in [6.07, 6.45) is 17.2. The molecule has 0 amide bonds. The second-order valence-electron chi connectivity index (χ2n) is 8.47. The van der Waals surface area contributed by atoms with Gasteiger partial charge in [0, 0.05) is 62.1 Å². The van der Waals surface area contributed by atoms with Crippen LogP contribution in [0.4, 0.5) is 5.82 Å². The first-order chi connectivity index (χ1) is 14.8. The summed E-state index contributed by atoms with van der Waals surface area (Å²) in [7, 11) is 0. The lowest BCUT2D eigenvalue weighted by Crippen LogP contribution is -2.42. The highest BCUT2D eigenvalue weighted by Crippen LogP contribution is 2.42. The van der Waals surface area contributed by atoms with E-state index in [2.05, 4.69) is 25.7 Å². The average molecular weight is 399 g/mol. The minimum absolute atomic E-state index is 0.434. The van der Waals surface area contributed by atoms with E-state index >= 15 is 0 Å². The Balaban J connectivity index is 1.40. The molecular weight excluding hydrogens is 372 g/mol. The maximum atomic E-state index is 5.46. The number of rotatable bonds is 4. The maximum Gasteiger partial charge on any atom is 0.162 e. The molecule has 2 fully saturated rings. The predicted molar refractivity (Wildman–Crippen MR) is 119 cm³/mol. The first kappa shape index (κ1) is 19.0. The lowest BCUT2D eigenvalue weighted by Gasteiger charge is -2.40. The first-order valence-corrected chi connectivity index (χ1v) is 10.7. The molecule has 0 bridgehead atoms. The molecule has 1 spiro atoms. The molecule has 0 radical (unpaired) electrons. The van der Waals surface area contributed by atoms with Crippen molar-refractivity contribution in [2.45, 2.75) is 25.7 Å². The van der Waals surface area contributed by atoms with Gasteiger partial charge in [-0.15, -0.1) is 12.3 Å². The molecule has 0 aromatic carbocycles. The molecule has 0 saturated carbocycles. The number of anilines is 1.